The van der Waals surface area contributed by atoms with Crippen LogP contribution >= 0.6 is 6.26 Å². The zero-order chi connectivity index (χ0) is 21.4. The Bertz CT molecular complexity index is 1150. The van der Waals surface area contributed by atoms with Crippen LogP contribution in [0.25, 0.3) is 0 Å². The highest BCUT2D eigenvalue weighted by Gasteiger charge is 2.40. The molecule has 0 aromatic heterocycles. The van der Waals surface area contributed by atoms with Crippen LogP contribution in [-0.2, 0) is 17.2 Å². The molecule has 30 heavy (non-hydrogen) atoms. The average molecular weight is 434 g/mol. The molecule has 0 radical (unpaired) electrons. The number of nitrogens with zero attached hydrogens (tertiary/aromatic N) is 1. The number of hydrogen-bond acceptors (Lipinski definition) is 4. The van der Waals surface area contributed by atoms with Crippen molar-refractivity contribution in [2.75, 3.05) is 11.9 Å². The molecule has 1 unspecified atom stereocenters. The van der Waals surface area contributed by atoms with Gasteiger partial charge in [-0.1, -0.05) is 62.4 Å². The van der Waals surface area contributed by atoms with Crippen LogP contribution in [0.1, 0.15) is 29.8 Å². The fourth-order valence-corrected chi connectivity index (χ4v) is 7.01. The predicted octanol–water partition coefficient (Wildman–Crippen LogP) is 5.87. The fraction of sp³-hybridized carbons (Fsp3) is 0.160. The molecule has 4 rings (SSSR count). The second-order valence-electron chi connectivity index (χ2n) is 7.93. The number of allylic oxidation sites excluding steroid dienone is 1. The van der Waals surface area contributed by atoms with Crippen LogP contribution < -0.4 is 14.7 Å². The van der Waals surface area contributed by atoms with Gasteiger partial charge in [0.1, 0.15) is 12.0 Å². The Labute approximate surface area is 183 Å². The molecule has 0 N–H and O–H groups in total. The van der Waals surface area contributed by atoms with Gasteiger partial charge < -0.3 is 9.42 Å². The molecule has 0 aliphatic carbocycles. The number of anilines is 1. The molecule has 3 aromatic carbocycles. The van der Waals surface area contributed by atoms with Crippen molar-refractivity contribution in [1.29, 1.82) is 0 Å². The highest BCUT2D eigenvalue weighted by atomic mass is 32.4. The highest BCUT2D eigenvalue weighted by molar-refractivity contribution is 8.17. The third-order valence-corrected chi connectivity index (χ3v) is 8.86. The Morgan fingerprint density at radius 1 is 0.933 bits per heavy atom. The molecule has 0 fully saturated rings. The summed E-state index contributed by atoms with van der Waals surface area (Å²) in [7, 11) is 2.09. The van der Waals surface area contributed by atoms with Gasteiger partial charge in [-0.15, -0.1) is 0 Å². The van der Waals surface area contributed by atoms with Gasteiger partial charge in [0.05, 0.1) is 0 Å². The van der Waals surface area contributed by atoms with Crippen molar-refractivity contribution in [2.45, 2.75) is 19.3 Å². The van der Waals surface area contributed by atoms with Gasteiger partial charge in [-0.2, -0.15) is 0 Å². The summed E-state index contributed by atoms with van der Waals surface area (Å²) in [5.74, 6) is 2.83. The van der Waals surface area contributed by atoms with Crippen LogP contribution in [0.15, 0.2) is 90.4 Å². The van der Waals surface area contributed by atoms with Crippen LogP contribution in [0.2, 0.25) is 0 Å². The molecule has 0 bridgehead atoms. The van der Waals surface area contributed by atoms with Crippen molar-refractivity contribution in [3.05, 3.63) is 102 Å². The minimum atomic E-state index is -2.57. The fourth-order valence-electron chi connectivity index (χ4n) is 3.94. The van der Waals surface area contributed by atoms with Crippen molar-refractivity contribution < 1.29 is 9.32 Å². The molecule has 5 heteroatoms. The van der Waals surface area contributed by atoms with E-state index in [1.807, 2.05) is 42.5 Å². The van der Waals surface area contributed by atoms with Crippen LogP contribution in [0, 0.1) is 0 Å². The van der Waals surface area contributed by atoms with E-state index in [1.54, 1.807) is 12.1 Å². The Hall–Kier alpha value is -2.68. The Balaban J connectivity index is 1.83. The van der Waals surface area contributed by atoms with Gasteiger partial charge in [0.15, 0.2) is 6.26 Å². The van der Waals surface area contributed by atoms with Gasteiger partial charge in [-0.25, -0.2) is 0 Å². The summed E-state index contributed by atoms with van der Waals surface area (Å²) < 4.78 is 6.50. The van der Waals surface area contributed by atoms with Gasteiger partial charge >= 0.3 is 0 Å². The Morgan fingerprint density at radius 2 is 1.57 bits per heavy atom. The molecule has 3 aromatic rings. The quantitative estimate of drug-likeness (QED) is 0.372. The summed E-state index contributed by atoms with van der Waals surface area (Å²) in [5.41, 5.74) is 4.04. The lowest BCUT2D eigenvalue weighted by Crippen LogP contribution is -2.24. The average Bonchev–Trinajstić information content (AvgIpc) is 2.96. The smallest absolute Gasteiger partial charge is 0.166 e. The molecule has 0 spiro atoms. The minimum Gasteiger partial charge on any atom is -0.458 e. The van der Waals surface area contributed by atoms with E-state index >= 15 is 0 Å². The van der Waals surface area contributed by atoms with Crippen molar-refractivity contribution >= 4 is 35.3 Å². The summed E-state index contributed by atoms with van der Waals surface area (Å²) in [6.07, 6.45) is -1.75. The van der Waals surface area contributed by atoms with Gasteiger partial charge in [-0.05, 0) is 47.7 Å². The zero-order valence-corrected chi connectivity index (χ0v) is 19.0. The molecule has 1 heterocycles. The van der Waals surface area contributed by atoms with Gasteiger partial charge in [0, 0.05) is 40.5 Å². The van der Waals surface area contributed by atoms with Gasteiger partial charge in [-0.3, -0.25) is 4.79 Å². The lowest BCUT2D eigenvalue weighted by Gasteiger charge is -2.28. The van der Waals surface area contributed by atoms with Gasteiger partial charge in [0.25, 0.3) is 0 Å². The molecule has 1 aliphatic rings. The molecule has 0 amide bonds. The molecule has 0 saturated carbocycles. The van der Waals surface area contributed by atoms with E-state index in [4.69, 9.17) is 16.3 Å². The number of benzene rings is 3. The first-order chi connectivity index (χ1) is 14.3. The molecule has 1 atom stereocenters. The highest BCUT2D eigenvalue weighted by Crippen LogP contribution is 2.55. The number of rotatable bonds is 5. The number of fused-ring (bicyclic) bond motifs is 1. The lowest BCUT2D eigenvalue weighted by atomic mass is 9.84. The van der Waals surface area contributed by atoms with E-state index in [0.717, 1.165) is 17.3 Å². The van der Waals surface area contributed by atoms with E-state index in [-0.39, 0.29) is 5.41 Å². The molecule has 3 nitrogen and oxygen atoms in total. The maximum absolute atomic E-state index is 11.0. The van der Waals surface area contributed by atoms with E-state index in [9.17, 15) is 4.79 Å². The first-order valence-corrected chi connectivity index (χ1v) is 12.6. The van der Waals surface area contributed by atoms with Crippen molar-refractivity contribution in [2.24, 2.45) is 0 Å². The van der Waals surface area contributed by atoms with E-state index < -0.39 is 6.26 Å². The molecule has 152 valence electrons. The van der Waals surface area contributed by atoms with Crippen molar-refractivity contribution in [3.8, 4) is 5.75 Å². The third kappa shape index (κ3) is 3.62. The minimum absolute atomic E-state index is 0.186. The van der Waals surface area contributed by atoms with E-state index in [0.29, 0.717) is 11.3 Å². The lowest BCUT2D eigenvalue weighted by molar-refractivity contribution is 0.112. The van der Waals surface area contributed by atoms with Gasteiger partial charge in [0.2, 0.25) is 0 Å². The maximum atomic E-state index is 11.0. The zero-order valence-electron chi connectivity index (χ0n) is 17.3. The summed E-state index contributed by atoms with van der Waals surface area (Å²) in [4.78, 5) is 13.2. The number of likely N-dealkylation sites (N-methyl/N-ethyl adjacent to an activating group) is 1. The first-order valence-electron chi connectivity index (χ1n) is 9.82. The summed E-state index contributed by atoms with van der Waals surface area (Å²) in [6.45, 7) is 4.45. The number of hydrogen-bond donors (Lipinski definition) is 0. The Morgan fingerprint density at radius 3 is 2.20 bits per heavy atom. The van der Waals surface area contributed by atoms with Crippen LogP contribution in [0.4, 0.5) is 5.69 Å². The predicted molar refractivity (Wildman–Crippen MR) is 129 cm³/mol. The SMILES string of the molecule is CN1/C(=C\P(=S)(Oc2ccc(C=O)cc2)c2ccccc2)C(C)(C)c2ccccc21. The summed E-state index contributed by atoms with van der Waals surface area (Å²) in [6, 6.07) is 25.6. The number of aldehydes is 1. The molecule has 0 saturated heterocycles. The monoisotopic (exact) mass is 433 g/mol. The standard InChI is InChI=1S/C25H24NO2PS/c1-25(2)22-11-7-8-12-23(22)26(3)24(25)18-29(30,21-9-5-4-6-10-21)28-20-15-13-19(17-27)14-16-20/h4-18H,1-3H3/b24-18-. The van der Waals surface area contributed by atoms with Crippen molar-refractivity contribution in [1.82, 2.24) is 0 Å². The molecule has 1 aliphatic heterocycles. The molecular formula is C25H24NO2PS. The third-order valence-electron chi connectivity index (χ3n) is 5.61. The summed E-state index contributed by atoms with van der Waals surface area (Å²) in [5, 5.41) is 0.993. The second kappa shape index (κ2) is 7.86. The topological polar surface area (TPSA) is 29.5 Å². The van der Waals surface area contributed by atoms with Crippen molar-refractivity contribution in [3.63, 3.8) is 0 Å². The number of para-hydroxylation sites is 1. The van der Waals surface area contributed by atoms with Crippen LogP contribution in [0.3, 0.4) is 0 Å². The van der Waals surface area contributed by atoms with E-state index in [2.05, 4.69) is 55.9 Å². The number of carbonyl (C=O) groups is 1. The largest absolute Gasteiger partial charge is 0.458 e. The normalized spacial score (nSPS) is 18.0. The van der Waals surface area contributed by atoms with Crippen LogP contribution in [0.5, 0.6) is 5.75 Å². The Kier molecular flexibility index (Phi) is 5.40. The number of carbonyl (C=O) groups excluding carboxylic acids is 1. The van der Waals surface area contributed by atoms with E-state index in [1.165, 1.54) is 11.3 Å². The first kappa shape index (κ1) is 20.6. The summed E-state index contributed by atoms with van der Waals surface area (Å²) >= 11 is 6.23. The van der Waals surface area contributed by atoms with Crippen LogP contribution in [-0.4, -0.2) is 13.3 Å². The second-order valence-corrected chi connectivity index (χ2v) is 11.7. The maximum Gasteiger partial charge on any atom is 0.166 e. The molecular weight excluding hydrogens is 409 g/mol.